The molecule has 6 heteroatoms. The van der Waals surface area contributed by atoms with Gasteiger partial charge in [0.25, 0.3) is 0 Å². The second-order valence-corrected chi connectivity index (χ2v) is 5.09. The Hall–Kier alpha value is -1.75. The SMILES string of the molecule is CCCN(C(=O)Nc1cccc(Cl)c1C(=O)O)C(C)C. The molecule has 0 bridgehead atoms. The number of nitrogens with one attached hydrogen (secondary N) is 1. The van der Waals surface area contributed by atoms with Gasteiger partial charge in [-0.05, 0) is 32.4 Å². The van der Waals surface area contributed by atoms with Crippen molar-refractivity contribution >= 4 is 29.3 Å². The molecular weight excluding hydrogens is 280 g/mol. The second kappa shape index (κ2) is 7.14. The Bertz CT molecular complexity index is 503. The van der Waals surface area contributed by atoms with E-state index in [0.717, 1.165) is 6.42 Å². The summed E-state index contributed by atoms with van der Waals surface area (Å²) >= 11 is 5.87. The Morgan fingerprint density at radius 1 is 1.40 bits per heavy atom. The average Bonchev–Trinajstić information content (AvgIpc) is 2.34. The fourth-order valence-corrected chi connectivity index (χ4v) is 2.12. The molecule has 1 aromatic carbocycles. The highest BCUT2D eigenvalue weighted by molar-refractivity contribution is 6.34. The van der Waals surface area contributed by atoms with Gasteiger partial charge in [-0.1, -0.05) is 24.6 Å². The van der Waals surface area contributed by atoms with Crippen LogP contribution in [0.4, 0.5) is 10.5 Å². The van der Waals surface area contributed by atoms with Crippen LogP contribution in [0.2, 0.25) is 5.02 Å². The van der Waals surface area contributed by atoms with Gasteiger partial charge in [-0.25, -0.2) is 9.59 Å². The van der Waals surface area contributed by atoms with E-state index < -0.39 is 5.97 Å². The van der Waals surface area contributed by atoms with Gasteiger partial charge in [0.1, 0.15) is 5.56 Å². The van der Waals surface area contributed by atoms with Crippen LogP contribution in [0.5, 0.6) is 0 Å². The Kier molecular flexibility index (Phi) is 5.82. The van der Waals surface area contributed by atoms with Crippen molar-refractivity contribution in [3.8, 4) is 0 Å². The van der Waals surface area contributed by atoms with Crippen LogP contribution in [0, 0.1) is 0 Å². The number of carbonyl (C=O) groups is 2. The van der Waals surface area contributed by atoms with Crippen molar-refractivity contribution < 1.29 is 14.7 Å². The third kappa shape index (κ3) is 3.87. The summed E-state index contributed by atoms with van der Waals surface area (Å²) in [5, 5.41) is 11.9. The van der Waals surface area contributed by atoms with Crippen LogP contribution in [-0.2, 0) is 0 Å². The lowest BCUT2D eigenvalue weighted by Crippen LogP contribution is -2.40. The number of halogens is 1. The maximum absolute atomic E-state index is 12.2. The largest absolute Gasteiger partial charge is 0.478 e. The van der Waals surface area contributed by atoms with Crippen LogP contribution in [0.15, 0.2) is 18.2 Å². The summed E-state index contributed by atoms with van der Waals surface area (Å²) < 4.78 is 0. The van der Waals surface area contributed by atoms with E-state index in [9.17, 15) is 9.59 Å². The zero-order valence-electron chi connectivity index (χ0n) is 11.8. The molecule has 20 heavy (non-hydrogen) atoms. The van der Waals surface area contributed by atoms with Gasteiger partial charge in [-0.3, -0.25) is 0 Å². The summed E-state index contributed by atoms with van der Waals surface area (Å²) in [4.78, 5) is 25.1. The van der Waals surface area contributed by atoms with Crippen molar-refractivity contribution in [3.63, 3.8) is 0 Å². The van der Waals surface area contributed by atoms with Crippen LogP contribution in [0.1, 0.15) is 37.6 Å². The second-order valence-electron chi connectivity index (χ2n) is 4.68. The van der Waals surface area contributed by atoms with E-state index in [4.69, 9.17) is 16.7 Å². The van der Waals surface area contributed by atoms with E-state index in [1.165, 1.54) is 12.1 Å². The van der Waals surface area contributed by atoms with Crippen molar-refractivity contribution in [1.29, 1.82) is 0 Å². The van der Waals surface area contributed by atoms with Gasteiger partial charge in [0, 0.05) is 12.6 Å². The van der Waals surface area contributed by atoms with E-state index in [2.05, 4.69) is 5.32 Å². The van der Waals surface area contributed by atoms with E-state index in [1.54, 1.807) is 11.0 Å². The number of rotatable bonds is 5. The predicted molar refractivity (Wildman–Crippen MR) is 79.6 cm³/mol. The molecular formula is C14H19ClN2O3. The van der Waals surface area contributed by atoms with Crippen LogP contribution in [0.3, 0.4) is 0 Å². The minimum Gasteiger partial charge on any atom is -0.478 e. The Morgan fingerprint density at radius 2 is 2.05 bits per heavy atom. The molecule has 2 amide bonds. The lowest BCUT2D eigenvalue weighted by Gasteiger charge is -2.26. The molecule has 0 aliphatic carbocycles. The molecule has 0 aliphatic rings. The molecule has 0 aliphatic heterocycles. The molecule has 2 N–H and O–H groups in total. The lowest BCUT2D eigenvalue weighted by molar-refractivity contribution is 0.0698. The molecule has 0 aromatic heterocycles. The molecule has 1 rings (SSSR count). The smallest absolute Gasteiger partial charge is 0.339 e. The first kappa shape index (κ1) is 16.3. The normalized spacial score (nSPS) is 10.4. The summed E-state index contributed by atoms with van der Waals surface area (Å²) in [6.07, 6.45) is 0.826. The van der Waals surface area contributed by atoms with Gasteiger partial charge < -0.3 is 15.3 Å². The van der Waals surface area contributed by atoms with Gasteiger partial charge in [0.2, 0.25) is 0 Å². The fraction of sp³-hybridized carbons (Fsp3) is 0.429. The first-order valence-electron chi connectivity index (χ1n) is 6.47. The van der Waals surface area contributed by atoms with Crippen molar-refractivity contribution in [3.05, 3.63) is 28.8 Å². The van der Waals surface area contributed by atoms with E-state index in [-0.39, 0.29) is 28.3 Å². The fourth-order valence-electron chi connectivity index (χ4n) is 1.87. The summed E-state index contributed by atoms with van der Waals surface area (Å²) in [7, 11) is 0. The van der Waals surface area contributed by atoms with E-state index in [0.29, 0.717) is 6.54 Å². The van der Waals surface area contributed by atoms with E-state index in [1.807, 2.05) is 20.8 Å². The topological polar surface area (TPSA) is 69.6 Å². The highest BCUT2D eigenvalue weighted by Crippen LogP contribution is 2.24. The number of anilines is 1. The maximum Gasteiger partial charge on any atom is 0.339 e. The van der Waals surface area contributed by atoms with Crippen LogP contribution in [0.25, 0.3) is 0 Å². The lowest BCUT2D eigenvalue weighted by atomic mass is 10.2. The molecule has 0 heterocycles. The number of urea groups is 1. The number of hydrogen-bond acceptors (Lipinski definition) is 2. The molecule has 0 saturated heterocycles. The van der Waals surface area contributed by atoms with Crippen LogP contribution >= 0.6 is 11.6 Å². The Morgan fingerprint density at radius 3 is 2.55 bits per heavy atom. The molecule has 1 aromatic rings. The van der Waals surface area contributed by atoms with Crippen LogP contribution in [-0.4, -0.2) is 34.6 Å². The highest BCUT2D eigenvalue weighted by Gasteiger charge is 2.20. The first-order valence-corrected chi connectivity index (χ1v) is 6.85. The Balaban J connectivity index is 3.01. The molecule has 110 valence electrons. The van der Waals surface area contributed by atoms with Crippen molar-refractivity contribution in [2.75, 3.05) is 11.9 Å². The number of benzene rings is 1. The number of aromatic carboxylic acids is 1. The molecule has 0 unspecified atom stereocenters. The zero-order chi connectivity index (χ0) is 15.3. The van der Waals surface area contributed by atoms with Gasteiger partial charge >= 0.3 is 12.0 Å². The average molecular weight is 299 g/mol. The number of nitrogens with zero attached hydrogens (tertiary/aromatic N) is 1. The quantitative estimate of drug-likeness (QED) is 0.871. The maximum atomic E-state index is 12.2. The summed E-state index contributed by atoms with van der Waals surface area (Å²) in [6, 6.07) is 4.31. The summed E-state index contributed by atoms with van der Waals surface area (Å²) in [5.41, 5.74) is 0.111. The molecule has 0 saturated carbocycles. The van der Waals surface area contributed by atoms with Crippen molar-refractivity contribution in [2.24, 2.45) is 0 Å². The van der Waals surface area contributed by atoms with Crippen LogP contribution < -0.4 is 5.32 Å². The Labute approximate surface area is 123 Å². The third-order valence-corrected chi connectivity index (χ3v) is 3.13. The number of carboxylic acids is 1. The highest BCUT2D eigenvalue weighted by atomic mass is 35.5. The predicted octanol–water partition coefficient (Wildman–Crippen LogP) is 3.69. The minimum atomic E-state index is -1.17. The van der Waals surface area contributed by atoms with Gasteiger partial charge in [0.15, 0.2) is 0 Å². The van der Waals surface area contributed by atoms with Gasteiger partial charge in [-0.15, -0.1) is 0 Å². The molecule has 0 fully saturated rings. The van der Waals surface area contributed by atoms with Crippen molar-refractivity contribution in [2.45, 2.75) is 33.2 Å². The monoisotopic (exact) mass is 298 g/mol. The molecule has 0 atom stereocenters. The van der Waals surface area contributed by atoms with Gasteiger partial charge in [0.05, 0.1) is 10.7 Å². The standard InChI is InChI=1S/C14H19ClN2O3/c1-4-8-17(9(2)3)14(20)16-11-7-5-6-10(15)12(11)13(18)19/h5-7,9H,4,8H2,1-3H3,(H,16,20)(H,18,19). The molecule has 5 nitrogen and oxygen atoms in total. The minimum absolute atomic E-state index is 0.0300. The van der Waals surface area contributed by atoms with Crippen molar-refractivity contribution in [1.82, 2.24) is 4.90 Å². The summed E-state index contributed by atoms with van der Waals surface area (Å²) in [5.74, 6) is -1.17. The molecule has 0 radical (unpaired) electrons. The first-order chi connectivity index (χ1) is 9.38. The van der Waals surface area contributed by atoms with E-state index >= 15 is 0 Å². The number of hydrogen-bond donors (Lipinski definition) is 2. The number of carbonyl (C=O) groups excluding carboxylic acids is 1. The number of amides is 2. The van der Waals surface area contributed by atoms with Gasteiger partial charge in [-0.2, -0.15) is 0 Å². The number of carboxylic acid groups (broad SMARTS) is 1. The zero-order valence-corrected chi connectivity index (χ0v) is 12.6. The summed E-state index contributed by atoms with van der Waals surface area (Å²) in [6.45, 7) is 6.40. The third-order valence-electron chi connectivity index (χ3n) is 2.82. The molecule has 0 spiro atoms.